The Hall–Kier alpha value is -3.45. The molecule has 0 N–H and O–H groups in total. The van der Waals surface area contributed by atoms with E-state index < -0.39 is 0 Å². The van der Waals surface area contributed by atoms with Gasteiger partial charge in [-0.25, -0.2) is 4.98 Å². The first-order chi connectivity index (χ1) is 15.6. The second-order valence-corrected chi connectivity index (χ2v) is 8.39. The number of amides is 2. The van der Waals surface area contributed by atoms with Crippen LogP contribution in [0, 0.1) is 6.92 Å². The van der Waals surface area contributed by atoms with Gasteiger partial charge in [-0.15, -0.1) is 0 Å². The summed E-state index contributed by atoms with van der Waals surface area (Å²) in [6.07, 6.45) is 3.40. The van der Waals surface area contributed by atoms with Crippen molar-refractivity contribution in [1.82, 2.24) is 14.8 Å². The van der Waals surface area contributed by atoms with Gasteiger partial charge in [0.05, 0.1) is 6.20 Å². The van der Waals surface area contributed by atoms with Crippen molar-refractivity contribution in [2.45, 2.75) is 19.4 Å². The van der Waals surface area contributed by atoms with Crippen molar-refractivity contribution >= 4 is 17.5 Å². The van der Waals surface area contributed by atoms with Crippen LogP contribution in [-0.2, 0) is 4.79 Å². The van der Waals surface area contributed by atoms with E-state index in [1.54, 1.807) is 4.90 Å². The second kappa shape index (κ2) is 8.59. The van der Waals surface area contributed by atoms with Crippen LogP contribution >= 0.6 is 0 Å². The summed E-state index contributed by atoms with van der Waals surface area (Å²) in [7, 11) is 0. The van der Waals surface area contributed by atoms with E-state index in [1.807, 2.05) is 29.2 Å². The Morgan fingerprint density at radius 1 is 1.06 bits per heavy atom. The predicted molar refractivity (Wildman–Crippen MR) is 121 cm³/mol. The first-order valence-corrected chi connectivity index (χ1v) is 11.0. The number of oxazole rings is 1. The predicted octanol–water partition coefficient (Wildman–Crippen LogP) is 3.21. The topological polar surface area (TPSA) is 69.9 Å². The standard InChI is InChI=1S/C25H26N4O3/c1-18-5-2-3-8-22(18)19-6-4-7-20(15-19)29-17-21(16-23(29)30)27-10-12-28(13-11-27)25(31)24-26-9-14-32-24/h2-9,14-15,21H,10-13,16-17H2,1H3. The third-order valence-corrected chi connectivity index (χ3v) is 6.45. The molecule has 2 aliphatic heterocycles. The van der Waals surface area contributed by atoms with Gasteiger partial charge in [-0.2, -0.15) is 0 Å². The number of benzene rings is 2. The summed E-state index contributed by atoms with van der Waals surface area (Å²) in [6, 6.07) is 16.7. The second-order valence-electron chi connectivity index (χ2n) is 8.39. The lowest BCUT2D eigenvalue weighted by molar-refractivity contribution is -0.117. The maximum absolute atomic E-state index is 12.9. The van der Waals surface area contributed by atoms with Gasteiger partial charge in [0.2, 0.25) is 5.91 Å². The highest BCUT2D eigenvalue weighted by Crippen LogP contribution is 2.30. The van der Waals surface area contributed by atoms with Crippen molar-refractivity contribution in [2.75, 3.05) is 37.6 Å². The maximum Gasteiger partial charge on any atom is 0.309 e. The Kier molecular flexibility index (Phi) is 5.49. The third-order valence-electron chi connectivity index (χ3n) is 6.45. The molecule has 2 fully saturated rings. The molecule has 2 amide bonds. The van der Waals surface area contributed by atoms with E-state index in [2.05, 4.69) is 41.1 Å². The molecule has 7 nitrogen and oxygen atoms in total. The smallest absolute Gasteiger partial charge is 0.309 e. The van der Waals surface area contributed by atoms with Gasteiger partial charge in [0.1, 0.15) is 6.26 Å². The van der Waals surface area contributed by atoms with Crippen LogP contribution in [0.4, 0.5) is 5.69 Å². The third kappa shape index (κ3) is 3.91. The largest absolute Gasteiger partial charge is 0.441 e. The van der Waals surface area contributed by atoms with Crippen molar-refractivity contribution in [1.29, 1.82) is 0 Å². The summed E-state index contributed by atoms with van der Waals surface area (Å²) < 4.78 is 5.13. The van der Waals surface area contributed by atoms with E-state index in [-0.39, 0.29) is 23.7 Å². The Morgan fingerprint density at radius 3 is 2.62 bits per heavy atom. The Labute approximate surface area is 187 Å². The molecule has 1 atom stereocenters. The molecule has 32 heavy (non-hydrogen) atoms. The molecule has 1 aromatic heterocycles. The summed E-state index contributed by atoms with van der Waals surface area (Å²) in [4.78, 5) is 35.3. The normalized spacial score (nSPS) is 19.5. The fourth-order valence-corrected chi connectivity index (χ4v) is 4.68. The van der Waals surface area contributed by atoms with Crippen molar-refractivity contribution in [2.24, 2.45) is 0 Å². The molecule has 164 valence electrons. The van der Waals surface area contributed by atoms with Crippen LogP contribution in [0.3, 0.4) is 0 Å². The minimum Gasteiger partial charge on any atom is -0.441 e. The lowest BCUT2D eigenvalue weighted by atomic mass is 10.0. The lowest BCUT2D eigenvalue weighted by Gasteiger charge is -2.37. The quantitative estimate of drug-likeness (QED) is 0.636. The van der Waals surface area contributed by atoms with Gasteiger partial charge in [-0.1, -0.05) is 36.4 Å². The van der Waals surface area contributed by atoms with E-state index in [0.717, 1.165) is 24.3 Å². The highest BCUT2D eigenvalue weighted by Gasteiger charge is 2.36. The average Bonchev–Trinajstić information content (AvgIpc) is 3.49. The van der Waals surface area contributed by atoms with Crippen LogP contribution in [0.25, 0.3) is 11.1 Å². The zero-order valence-electron chi connectivity index (χ0n) is 18.1. The number of hydrogen-bond acceptors (Lipinski definition) is 5. The minimum atomic E-state index is -0.174. The van der Waals surface area contributed by atoms with Gasteiger partial charge >= 0.3 is 5.91 Å². The molecule has 0 aliphatic carbocycles. The molecule has 0 saturated carbocycles. The molecule has 2 aliphatic rings. The van der Waals surface area contributed by atoms with Crippen LogP contribution in [-0.4, -0.2) is 65.4 Å². The number of hydrogen-bond donors (Lipinski definition) is 0. The van der Waals surface area contributed by atoms with Gasteiger partial charge in [-0.05, 0) is 35.7 Å². The van der Waals surface area contributed by atoms with Crippen molar-refractivity contribution in [3.63, 3.8) is 0 Å². The first-order valence-electron chi connectivity index (χ1n) is 11.0. The number of nitrogens with zero attached hydrogens (tertiary/aromatic N) is 4. The Morgan fingerprint density at radius 2 is 1.88 bits per heavy atom. The zero-order chi connectivity index (χ0) is 22.1. The monoisotopic (exact) mass is 430 g/mol. The Bertz CT molecular complexity index is 1120. The molecule has 7 heteroatoms. The molecular formula is C25H26N4O3. The van der Waals surface area contributed by atoms with Crippen LogP contribution in [0.5, 0.6) is 0 Å². The number of anilines is 1. The number of aryl methyl sites for hydroxylation is 1. The SMILES string of the molecule is Cc1ccccc1-c1cccc(N2CC(N3CCN(C(=O)c4ncco4)CC3)CC2=O)c1. The number of aromatic nitrogens is 1. The zero-order valence-corrected chi connectivity index (χ0v) is 18.1. The van der Waals surface area contributed by atoms with Gasteiger partial charge in [0.25, 0.3) is 5.89 Å². The molecule has 2 saturated heterocycles. The molecular weight excluding hydrogens is 404 g/mol. The molecule has 5 rings (SSSR count). The van der Waals surface area contributed by atoms with E-state index in [0.29, 0.717) is 26.1 Å². The van der Waals surface area contributed by atoms with E-state index in [4.69, 9.17) is 4.42 Å². The van der Waals surface area contributed by atoms with E-state index in [1.165, 1.54) is 23.6 Å². The van der Waals surface area contributed by atoms with Gasteiger partial charge in [0, 0.05) is 50.9 Å². The van der Waals surface area contributed by atoms with E-state index >= 15 is 0 Å². The van der Waals surface area contributed by atoms with Crippen LogP contribution < -0.4 is 4.90 Å². The first kappa shape index (κ1) is 20.5. The molecule has 3 heterocycles. The highest BCUT2D eigenvalue weighted by atomic mass is 16.4. The van der Waals surface area contributed by atoms with Crippen LogP contribution in [0.1, 0.15) is 22.7 Å². The highest BCUT2D eigenvalue weighted by molar-refractivity contribution is 5.97. The average molecular weight is 431 g/mol. The van der Waals surface area contributed by atoms with Gasteiger partial charge < -0.3 is 14.2 Å². The molecule has 2 aromatic carbocycles. The van der Waals surface area contributed by atoms with Gasteiger partial charge in [0.15, 0.2) is 0 Å². The molecule has 0 radical (unpaired) electrons. The maximum atomic E-state index is 12.9. The number of piperazine rings is 1. The number of carbonyl (C=O) groups is 2. The molecule has 3 aromatic rings. The van der Waals surface area contributed by atoms with Crippen molar-refractivity contribution in [3.05, 3.63) is 72.4 Å². The number of rotatable bonds is 4. The minimum absolute atomic E-state index is 0.134. The van der Waals surface area contributed by atoms with Crippen LogP contribution in [0.2, 0.25) is 0 Å². The number of carbonyl (C=O) groups excluding carboxylic acids is 2. The summed E-state index contributed by atoms with van der Waals surface area (Å²) in [6.45, 7) is 5.46. The Balaban J connectivity index is 1.25. The summed E-state index contributed by atoms with van der Waals surface area (Å²) in [5.74, 6) is 0.108. The summed E-state index contributed by atoms with van der Waals surface area (Å²) >= 11 is 0. The molecule has 0 bridgehead atoms. The molecule has 1 unspecified atom stereocenters. The van der Waals surface area contributed by atoms with Gasteiger partial charge in [-0.3, -0.25) is 14.5 Å². The molecule has 0 spiro atoms. The summed E-state index contributed by atoms with van der Waals surface area (Å²) in [5.41, 5.74) is 4.46. The summed E-state index contributed by atoms with van der Waals surface area (Å²) in [5, 5.41) is 0. The van der Waals surface area contributed by atoms with Crippen molar-refractivity contribution in [3.8, 4) is 11.1 Å². The van der Waals surface area contributed by atoms with Crippen molar-refractivity contribution < 1.29 is 14.0 Å². The van der Waals surface area contributed by atoms with E-state index in [9.17, 15) is 9.59 Å². The fraction of sp³-hybridized carbons (Fsp3) is 0.320. The van der Waals surface area contributed by atoms with Crippen LogP contribution in [0.15, 0.2) is 65.4 Å². The lowest BCUT2D eigenvalue weighted by Crippen LogP contribution is -2.52. The fourth-order valence-electron chi connectivity index (χ4n) is 4.68.